The summed E-state index contributed by atoms with van der Waals surface area (Å²) < 4.78 is 6.91. The van der Waals surface area contributed by atoms with Crippen molar-refractivity contribution in [2.45, 2.75) is 57.0 Å². The lowest BCUT2D eigenvalue weighted by Gasteiger charge is -2.13. The van der Waals surface area contributed by atoms with Gasteiger partial charge in [-0.15, -0.1) is 22.7 Å². The fraction of sp³-hybridized carbons (Fsp3) is 0.357. The van der Waals surface area contributed by atoms with Gasteiger partial charge in [0.15, 0.2) is 5.16 Å². The second-order valence-corrected chi connectivity index (χ2v) is 12.5. The van der Waals surface area contributed by atoms with Crippen LogP contribution < -0.4 is 10.9 Å². The number of nitrogens with one attached hydrogen (secondary N) is 1. The van der Waals surface area contributed by atoms with E-state index in [1.54, 1.807) is 22.8 Å². The fourth-order valence-electron chi connectivity index (χ4n) is 5.29. The van der Waals surface area contributed by atoms with Crippen LogP contribution >= 0.6 is 34.4 Å². The Bertz CT molecular complexity index is 1600. The average Bonchev–Trinajstić information content (AvgIpc) is 3.60. The first-order chi connectivity index (χ1) is 18.5. The zero-order valence-electron chi connectivity index (χ0n) is 21.0. The van der Waals surface area contributed by atoms with Crippen molar-refractivity contribution in [3.8, 4) is 5.69 Å². The number of hydrogen-bond acceptors (Lipinski definition) is 8. The highest BCUT2D eigenvalue weighted by atomic mass is 32.2. The number of aromatic nitrogens is 2. The van der Waals surface area contributed by atoms with Crippen LogP contribution in [-0.4, -0.2) is 33.8 Å². The third-order valence-corrected chi connectivity index (χ3v) is 10.3. The summed E-state index contributed by atoms with van der Waals surface area (Å²) in [4.78, 5) is 47.7. The van der Waals surface area contributed by atoms with Crippen molar-refractivity contribution in [1.29, 1.82) is 0 Å². The molecule has 0 unspecified atom stereocenters. The van der Waals surface area contributed by atoms with Crippen molar-refractivity contribution in [1.82, 2.24) is 9.55 Å². The summed E-state index contributed by atoms with van der Waals surface area (Å²) in [5.41, 5.74) is 3.29. The number of hydrogen-bond donors (Lipinski definition) is 1. The number of carbonyl (C=O) groups is 2. The molecule has 3 heterocycles. The maximum atomic E-state index is 13.8. The van der Waals surface area contributed by atoms with E-state index in [4.69, 9.17) is 9.72 Å². The summed E-state index contributed by atoms with van der Waals surface area (Å²) in [6.45, 7) is 2.06. The van der Waals surface area contributed by atoms with Crippen molar-refractivity contribution < 1.29 is 14.3 Å². The minimum Gasteiger partial charge on any atom is -0.462 e. The zero-order valence-corrected chi connectivity index (χ0v) is 23.5. The smallest absolute Gasteiger partial charge is 0.341 e. The molecular weight excluding hydrogens is 539 g/mol. The van der Waals surface area contributed by atoms with Crippen molar-refractivity contribution in [3.63, 3.8) is 0 Å². The second kappa shape index (κ2) is 10.7. The molecule has 4 aromatic rings. The Morgan fingerprint density at radius 1 is 1.03 bits per heavy atom. The van der Waals surface area contributed by atoms with E-state index in [-0.39, 0.29) is 29.8 Å². The van der Waals surface area contributed by atoms with Crippen LogP contribution in [0.2, 0.25) is 0 Å². The van der Waals surface area contributed by atoms with E-state index in [9.17, 15) is 14.4 Å². The molecule has 0 atom stereocenters. The molecule has 0 bridgehead atoms. The monoisotopic (exact) mass is 565 g/mol. The van der Waals surface area contributed by atoms with Crippen LogP contribution in [0.1, 0.15) is 57.4 Å². The highest BCUT2D eigenvalue weighted by molar-refractivity contribution is 7.99. The highest BCUT2D eigenvalue weighted by Gasteiger charge is 2.29. The highest BCUT2D eigenvalue weighted by Crippen LogP contribution is 2.40. The van der Waals surface area contributed by atoms with E-state index >= 15 is 0 Å². The van der Waals surface area contributed by atoms with Gasteiger partial charge in [-0.25, -0.2) is 9.78 Å². The van der Waals surface area contributed by atoms with Crippen LogP contribution in [-0.2, 0) is 35.2 Å². The van der Waals surface area contributed by atoms with Gasteiger partial charge in [-0.3, -0.25) is 14.2 Å². The summed E-state index contributed by atoms with van der Waals surface area (Å²) >= 11 is 4.30. The van der Waals surface area contributed by atoms with Gasteiger partial charge in [0.1, 0.15) is 9.83 Å². The predicted molar refractivity (Wildman–Crippen MR) is 154 cm³/mol. The molecule has 2 aliphatic rings. The SMILES string of the molecule is CCOC(=O)c1c(NC(=O)CSc2nc3sc4c(c3c(=O)n2-c2ccccc2)CCCC4)sc2c1CCC2. The van der Waals surface area contributed by atoms with E-state index in [1.807, 2.05) is 30.3 Å². The van der Waals surface area contributed by atoms with Crippen LogP contribution in [0.15, 0.2) is 40.3 Å². The number of rotatable bonds is 7. The molecule has 0 aliphatic heterocycles. The third kappa shape index (κ3) is 4.58. The number of amides is 1. The number of para-hydroxylation sites is 1. The first-order valence-electron chi connectivity index (χ1n) is 12.9. The van der Waals surface area contributed by atoms with E-state index in [0.29, 0.717) is 15.7 Å². The number of benzene rings is 1. The molecule has 2 aliphatic carbocycles. The Kier molecular flexibility index (Phi) is 7.11. The topological polar surface area (TPSA) is 90.3 Å². The van der Waals surface area contributed by atoms with Crippen LogP contribution in [0.3, 0.4) is 0 Å². The number of nitrogens with zero attached hydrogens (tertiary/aromatic N) is 2. The molecule has 0 saturated heterocycles. The van der Waals surface area contributed by atoms with Gasteiger partial charge >= 0.3 is 5.97 Å². The minimum atomic E-state index is -0.387. The fourth-order valence-corrected chi connectivity index (χ4v) is 8.70. The number of esters is 1. The lowest BCUT2D eigenvalue weighted by atomic mass is 9.97. The van der Waals surface area contributed by atoms with Crippen molar-refractivity contribution in [3.05, 3.63) is 67.1 Å². The summed E-state index contributed by atoms with van der Waals surface area (Å²) in [5, 5.41) is 4.70. The molecule has 7 nitrogen and oxygen atoms in total. The van der Waals surface area contributed by atoms with Gasteiger partial charge in [0.25, 0.3) is 5.56 Å². The van der Waals surface area contributed by atoms with E-state index in [0.717, 1.165) is 76.9 Å². The Hall–Kier alpha value is -2.95. The van der Waals surface area contributed by atoms with Gasteiger partial charge in [0, 0.05) is 9.75 Å². The van der Waals surface area contributed by atoms with Crippen molar-refractivity contribution in [2.24, 2.45) is 0 Å². The van der Waals surface area contributed by atoms with Gasteiger partial charge < -0.3 is 10.1 Å². The molecule has 1 amide bonds. The standard InChI is InChI=1S/C28H27N3O4S3/c1-2-35-27(34)23-18-12-8-14-20(18)38-25(23)29-21(32)15-36-28-30-24-22(17-11-6-7-13-19(17)37-24)26(33)31(28)16-9-4-3-5-10-16/h3-5,9-10H,2,6-8,11-15H2,1H3,(H,29,32). The number of fused-ring (bicyclic) bond motifs is 4. The predicted octanol–water partition coefficient (Wildman–Crippen LogP) is 5.78. The van der Waals surface area contributed by atoms with Crippen molar-refractivity contribution >= 4 is 61.5 Å². The van der Waals surface area contributed by atoms with Gasteiger partial charge in [-0.1, -0.05) is 30.0 Å². The maximum absolute atomic E-state index is 13.8. The lowest BCUT2D eigenvalue weighted by Crippen LogP contribution is -2.23. The largest absolute Gasteiger partial charge is 0.462 e. The summed E-state index contributed by atoms with van der Waals surface area (Å²) in [5.74, 6) is -0.581. The average molecular weight is 566 g/mol. The minimum absolute atomic E-state index is 0.0563. The van der Waals surface area contributed by atoms with Crippen LogP contribution in [0, 0.1) is 0 Å². The molecule has 196 valence electrons. The van der Waals surface area contributed by atoms with E-state index in [1.165, 1.54) is 28.0 Å². The summed E-state index contributed by atoms with van der Waals surface area (Å²) in [6, 6.07) is 9.46. The lowest BCUT2D eigenvalue weighted by molar-refractivity contribution is -0.113. The van der Waals surface area contributed by atoms with E-state index < -0.39 is 0 Å². The number of aryl methyl sites for hydroxylation is 3. The molecule has 6 rings (SSSR count). The zero-order chi connectivity index (χ0) is 26.2. The maximum Gasteiger partial charge on any atom is 0.341 e. The Morgan fingerprint density at radius 2 is 1.76 bits per heavy atom. The second-order valence-electron chi connectivity index (χ2n) is 9.38. The molecule has 3 aromatic heterocycles. The first-order valence-corrected chi connectivity index (χ1v) is 15.5. The number of anilines is 1. The molecule has 10 heteroatoms. The molecule has 0 radical (unpaired) electrons. The normalized spacial score (nSPS) is 14.3. The van der Waals surface area contributed by atoms with Crippen LogP contribution in [0.25, 0.3) is 15.9 Å². The van der Waals surface area contributed by atoms with Gasteiger partial charge in [0.05, 0.1) is 29.0 Å². The molecule has 0 spiro atoms. The Balaban J connectivity index is 1.31. The van der Waals surface area contributed by atoms with Crippen LogP contribution in [0.4, 0.5) is 5.00 Å². The first kappa shape index (κ1) is 25.3. The summed E-state index contributed by atoms with van der Waals surface area (Å²) in [6.07, 6.45) is 6.85. The van der Waals surface area contributed by atoms with Gasteiger partial charge in [-0.2, -0.15) is 0 Å². The Labute approximate surface area is 232 Å². The summed E-state index contributed by atoms with van der Waals surface area (Å²) in [7, 11) is 0. The molecular formula is C28H27N3O4S3. The van der Waals surface area contributed by atoms with Crippen LogP contribution in [0.5, 0.6) is 0 Å². The number of ether oxygens (including phenoxy) is 1. The number of thiophene rings is 2. The number of thioether (sulfide) groups is 1. The molecule has 38 heavy (non-hydrogen) atoms. The van der Waals surface area contributed by atoms with Gasteiger partial charge in [-0.05, 0) is 75.1 Å². The third-order valence-electron chi connectivity index (χ3n) is 6.96. The van der Waals surface area contributed by atoms with Crippen molar-refractivity contribution in [2.75, 3.05) is 17.7 Å². The Morgan fingerprint density at radius 3 is 2.58 bits per heavy atom. The molecule has 0 saturated carbocycles. The quantitative estimate of drug-likeness (QED) is 0.173. The molecule has 1 aromatic carbocycles. The molecule has 0 fully saturated rings. The number of carbonyl (C=O) groups excluding carboxylic acids is 2. The van der Waals surface area contributed by atoms with E-state index in [2.05, 4.69) is 5.32 Å². The van der Waals surface area contributed by atoms with Gasteiger partial charge in [0.2, 0.25) is 5.91 Å². The molecule has 1 N–H and O–H groups in total.